The number of carbonyl (C=O) groups excluding carboxylic acids is 1. The van der Waals surface area contributed by atoms with Crippen LogP contribution in [-0.4, -0.2) is 5.78 Å². The molecule has 1 spiro atoms. The third-order valence-electron chi connectivity index (χ3n) is 4.47. The lowest BCUT2D eigenvalue weighted by molar-refractivity contribution is -0.122. The quantitative estimate of drug-likeness (QED) is 0.537. The fourth-order valence-corrected chi connectivity index (χ4v) is 3.95. The van der Waals surface area contributed by atoms with Gasteiger partial charge in [-0.1, -0.05) is 12.8 Å². The van der Waals surface area contributed by atoms with Gasteiger partial charge in [0.1, 0.15) is 5.78 Å². The summed E-state index contributed by atoms with van der Waals surface area (Å²) in [5.74, 6) is 1.98. The molecular weight excluding hydrogens is 148 g/mol. The van der Waals surface area contributed by atoms with E-state index in [2.05, 4.69) is 0 Å². The summed E-state index contributed by atoms with van der Waals surface area (Å²) in [7, 11) is 0. The summed E-state index contributed by atoms with van der Waals surface area (Å²) in [6.45, 7) is 0. The summed E-state index contributed by atoms with van der Waals surface area (Å²) in [6, 6.07) is 0. The Morgan fingerprint density at radius 3 is 2.92 bits per heavy atom. The van der Waals surface area contributed by atoms with Crippen molar-refractivity contribution in [2.24, 2.45) is 17.3 Å². The second-order valence-electron chi connectivity index (χ2n) is 4.88. The SMILES string of the molecule is O=C1CCCC23CCCCC2C13. The second kappa shape index (κ2) is 2.12. The van der Waals surface area contributed by atoms with Crippen molar-refractivity contribution in [3.63, 3.8) is 0 Å². The van der Waals surface area contributed by atoms with Crippen molar-refractivity contribution < 1.29 is 4.79 Å². The highest BCUT2D eigenvalue weighted by molar-refractivity contribution is 5.86. The predicted octanol–water partition coefficient (Wildman–Crippen LogP) is 2.55. The van der Waals surface area contributed by atoms with E-state index in [0.29, 0.717) is 17.1 Å². The number of rotatable bonds is 0. The van der Waals surface area contributed by atoms with Gasteiger partial charge in [-0.3, -0.25) is 4.79 Å². The van der Waals surface area contributed by atoms with Gasteiger partial charge in [0.15, 0.2) is 0 Å². The Labute approximate surface area is 73.5 Å². The number of Topliss-reactive ketones (excluding diaryl/α,β-unsaturated/α-hetero) is 1. The molecule has 3 aliphatic carbocycles. The van der Waals surface area contributed by atoms with Crippen molar-refractivity contribution in [1.29, 1.82) is 0 Å². The summed E-state index contributed by atoms with van der Waals surface area (Å²) in [4.78, 5) is 11.6. The Bertz CT molecular complexity index is 229. The Balaban J connectivity index is 1.90. The van der Waals surface area contributed by atoms with E-state index >= 15 is 0 Å². The van der Waals surface area contributed by atoms with Crippen molar-refractivity contribution >= 4 is 5.78 Å². The van der Waals surface area contributed by atoms with Crippen LogP contribution in [0.5, 0.6) is 0 Å². The first kappa shape index (κ1) is 7.11. The minimum atomic E-state index is 0.536. The molecule has 0 N–H and O–H groups in total. The first-order chi connectivity index (χ1) is 5.84. The lowest BCUT2D eigenvalue weighted by Crippen LogP contribution is -2.17. The number of hydrogen-bond donors (Lipinski definition) is 0. The largest absolute Gasteiger partial charge is 0.299 e. The molecule has 66 valence electrons. The molecule has 1 nitrogen and oxygen atoms in total. The molecule has 0 amide bonds. The van der Waals surface area contributed by atoms with Crippen LogP contribution in [-0.2, 0) is 4.79 Å². The van der Waals surface area contributed by atoms with E-state index in [1.54, 1.807) is 0 Å². The minimum absolute atomic E-state index is 0.536. The minimum Gasteiger partial charge on any atom is -0.299 e. The molecule has 3 fully saturated rings. The van der Waals surface area contributed by atoms with Crippen LogP contribution in [0.1, 0.15) is 44.9 Å². The van der Waals surface area contributed by atoms with E-state index in [9.17, 15) is 4.79 Å². The predicted molar refractivity (Wildman–Crippen MR) is 46.7 cm³/mol. The van der Waals surface area contributed by atoms with Crippen LogP contribution >= 0.6 is 0 Å². The van der Waals surface area contributed by atoms with Crippen molar-refractivity contribution in [2.45, 2.75) is 44.9 Å². The van der Waals surface area contributed by atoms with Crippen LogP contribution in [0.3, 0.4) is 0 Å². The topological polar surface area (TPSA) is 17.1 Å². The Morgan fingerprint density at radius 2 is 2.00 bits per heavy atom. The number of carbonyl (C=O) groups is 1. The molecule has 3 aliphatic rings. The molecule has 0 aromatic rings. The van der Waals surface area contributed by atoms with Crippen molar-refractivity contribution in [3.05, 3.63) is 0 Å². The number of hydrogen-bond acceptors (Lipinski definition) is 1. The van der Waals surface area contributed by atoms with Crippen LogP contribution in [0.15, 0.2) is 0 Å². The molecule has 3 rings (SSSR count). The fourth-order valence-electron chi connectivity index (χ4n) is 3.95. The zero-order valence-electron chi connectivity index (χ0n) is 7.51. The lowest BCUT2D eigenvalue weighted by atomic mass is 9.81. The summed E-state index contributed by atoms with van der Waals surface area (Å²) in [5.41, 5.74) is 0.563. The van der Waals surface area contributed by atoms with E-state index in [4.69, 9.17) is 0 Å². The van der Waals surface area contributed by atoms with Gasteiger partial charge in [-0.2, -0.15) is 0 Å². The highest BCUT2D eigenvalue weighted by Gasteiger charge is 2.67. The summed E-state index contributed by atoms with van der Waals surface area (Å²) in [6.07, 6.45) is 8.95. The van der Waals surface area contributed by atoms with E-state index in [1.165, 1.54) is 38.5 Å². The number of ketones is 1. The normalized spacial score (nSPS) is 51.2. The van der Waals surface area contributed by atoms with Gasteiger partial charge in [0.25, 0.3) is 0 Å². The molecule has 3 atom stereocenters. The summed E-state index contributed by atoms with van der Waals surface area (Å²) >= 11 is 0. The highest BCUT2D eigenvalue weighted by Crippen LogP contribution is 2.71. The van der Waals surface area contributed by atoms with Gasteiger partial charge in [0, 0.05) is 12.3 Å². The van der Waals surface area contributed by atoms with E-state index in [1.807, 2.05) is 0 Å². The van der Waals surface area contributed by atoms with Gasteiger partial charge < -0.3 is 0 Å². The van der Waals surface area contributed by atoms with Crippen molar-refractivity contribution in [3.8, 4) is 0 Å². The molecular formula is C11H16O. The van der Waals surface area contributed by atoms with Gasteiger partial charge in [0.2, 0.25) is 0 Å². The molecule has 0 heterocycles. The molecule has 1 heteroatoms. The van der Waals surface area contributed by atoms with Gasteiger partial charge in [-0.25, -0.2) is 0 Å². The van der Waals surface area contributed by atoms with Gasteiger partial charge in [0.05, 0.1) is 0 Å². The zero-order chi connectivity index (χ0) is 8.18. The van der Waals surface area contributed by atoms with Crippen LogP contribution < -0.4 is 0 Å². The molecule has 0 bridgehead atoms. The first-order valence-electron chi connectivity index (χ1n) is 5.37. The Morgan fingerprint density at radius 1 is 1.17 bits per heavy atom. The van der Waals surface area contributed by atoms with Crippen molar-refractivity contribution in [1.82, 2.24) is 0 Å². The Hall–Kier alpha value is -0.330. The first-order valence-corrected chi connectivity index (χ1v) is 5.37. The van der Waals surface area contributed by atoms with Crippen molar-refractivity contribution in [2.75, 3.05) is 0 Å². The third kappa shape index (κ3) is 0.681. The van der Waals surface area contributed by atoms with Gasteiger partial charge >= 0.3 is 0 Å². The maximum atomic E-state index is 11.6. The summed E-state index contributed by atoms with van der Waals surface area (Å²) in [5, 5.41) is 0. The monoisotopic (exact) mass is 164 g/mol. The lowest BCUT2D eigenvalue weighted by Gasteiger charge is -2.23. The van der Waals surface area contributed by atoms with Crippen LogP contribution in [0.4, 0.5) is 0 Å². The molecule has 0 saturated heterocycles. The molecule has 3 unspecified atom stereocenters. The maximum absolute atomic E-state index is 11.6. The van der Waals surface area contributed by atoms with Crippen LogP contribution in [0.2, 0.25) is 0 Å². The van der Waals surface area contributed by atoms with Crippen LogP contribution in [0, 0.1) is 17.3 Å². The molecule has 0 radical (unpaired) electrons. The van der Waals surface area contributed by atoms with E-state index in [0.717, 1.165) is 12.3 Å². The zero-order valence-corrected chi connectivity index (χ0v) is 7.51. The van der Waals surface area contributed by atoms with Gasteiger partial charge in [-0.05, 0) is 37.0 Å². The molecule has 0 aromatic carbocycles. The molecule has 3 saturated carbocycles. The molecule has 0 aliphatic heterocycles. The smallest absolute Gasteiger partial charge is 0.136 e. The highest BCUT2D eigenvalue weighted by atomic mass is 16.1. The number of fused-ring (bicyclic) bond motifs is 1. The maximum Gasteiger partial charge on any atom is 0.136 e. The fraction of sp³-hybridized carbons (Fsp3) is 0.909. The average molecular weight is 164 g/mol. The third-order valence-corrected chi connectivity index (χ3v) is 4.47. The second-order valence-corrected chi connectivity index (χ2v) is 4.88. The average Bonchev–Trinajstić information content (AvgIpc) is 2.74. The molecule has 12 heavy (non-hydrogen) atoms. The van der Waals surface area contributed by atoms with Crippen LogP contribution in [0.25, 0.3) is 0 Å². The van der Waals surface area contributed by atoms with Gasteiger partial charge in [-0.15, -0.1) is 0 Å². The standard InChI is InChI=1S/C11H16O/c12-9-5-3-7-11-6-2-1-4-8(11)10(9)11/h8,10H,1-7H2. The molecule has 0 aromatic heterocycles. The van der Waals surface area contributed by atoms with E-state index in [-0.39, 0.29) is 0 Å². The summed E-state index contributed by atoms with van der Waals surface area (Å²) < 4.78 is 0. The Kier molecular flexibility index (Phi) is 1.26. The van der Waals surface area contributed by atoms with E-state index < -0.39 is 0 Å².